The molecule has 0 amide bonds. The maximum atomic E-state index is 5.80. The minimum atomic E-state index is 0.793. The maximum absolute atomic E-state index is 5.80. The molecule has 0 unspecified atom stereocenters. The van der Waals surface area contributed by atoms with Crippen LogP contribution in [0.4, 0.5) is 5.69 Å². The van der Waals surface area contributed by atoms with Gasteiger partial charge in [-0.2, -0.15) is 0 Å². The van der Waals surface area contributed by atoms with Crippen LogP contribution in [0.2, 0.25) is 0 Å². The van der Waals surface area contributed by atoms with Crippen LogP contribution >= 0.6 is 0 Å². The topological polar surface area (TPSA) is 43.8 Å². The SMILES string of the molecule is Nc1ccc(Cc2nc3ccccc3n2CCc2ccccc2)cc1. The zero-order valence-electron chi connectivity index (χ0n) is 14.1. The van der Waals surface area contributed by atoms with Gasteiger partial charge in [0.1, 0.15) is 5.82 Å². The summed E-state index contributed by atoms with van der Waals surface area (Å²) < 4.78 is 2.35. The number of hydrogen-bond donors (Lipinski definition) is 1. The number of aromatic nitrogens is 2. The lowest BCUT2D eigenvalue weighted by Gasteiger charge is -2.10. The van der Waals surface area contributed by atoms with Crippen LogP contribution in [0.3, 0.4) is 0 Å². The van der Waals surface area contributed by atoms with Crippen LogP contribution in [-0.2, 0) is 19.4 Å². The molecule has 1 heterocycles. The molecular formula is C22H21N3. The van der Waals surface area contributed by atoms with Crippen molar-refractivity contribution >= 4 is 16.7 Å². The molecule has 0 atom stereocenters. The summed E-state index contributed by atoms with van der Waals surface area (Å²) in [7, 11) is 0. The third kappa shape index (κ3) is 3.41. The third-order valence-electron chi connectivity index (χ3n) is 4.54. The van der Waals surface area contributed by atoms with E-state index in [2.05, 4.69) is 65.2 Å². The fourth-order valence-corrected chi connectivity index (χ4v) is 3.21. The number of nitrogens with zero attached hydrogens (tertiary/aromatic N) is 2. The molecule has 3 aromatic carbocycles. The molecule has 3 heteroatoms. The lowest BCUT2D eigenvalue weighted by molar-refractivity contribution is 0.679. The predicted octanol–water partition coefficient (Wildman–Crippen LogP) is 4.45. The van der Waals surface area contributed by atoms with Gasteiger partial charge in [0.15, 0.2) is 0 Å². The van der Waals surface area contributed by atoms with Crippen LogP contribution in [0.25, 0.3) is 11.0 Å². The largest absolute Gasteiger partial charge is 0.399 e. The van der Waals surface area contributed by atoms with Gasteiger partial charge in [-0.3, -0.25) is 0 Å². The van der Waals surface area contributed by atoms with E-state index in [1.165, 1.54) is 16.6 Å². The quantitative estimate of drug-likeness (QED) is 0.550. The molecule has 0 saturated carbocycles. The summed E-state index contributed by atoms with van der Waals surface area (Å²) in [5, 5.41) is 0. The second kappa shape index (κ2) is 6.81. The highest BCUT2D eigenvalue weighted by molar-refractivity contribution is 5.76. The summed E-state index contributed by atoms with van der Waals surface area (Å²) in [6.45, 7) is 0.925. The monoisotopic (exact) mass is 327 g/mol. The smallest absolute Gasteiger partial charge is 0.114 e. The van der Waals surface area contributed by atoms with Gasteiger partial charge in [-0.25, -0.2) is 4.98 Å². The molecule has 2 N–H and O–H groups in total. The van der Waals surface area contributed by atoms with Crippen molar-refractivity contribution in [2.45, 2.75) is 19.4 Å². The zero-order chi connectivity index (χ0) is 17.1. The van der Waals surface area contributed by atoms with E-state index < -0.39 is 0 Å². The number of fused-ring (bicyclic) bond motifs is 1. The first-order valence-corrected chi connectivity index (χ1v) is 8.62. The average Bonchev–Trinajstić information content (AvgIpc) is 3.00. The van der Waals surface area contributed by atoms with E-state index in [1.807, 2.05) is 18.2 Å². The zero-order valence-corrected chi connectivity index (χ0v) is 14.1. The number of benzene rings is 3. The summed E-state index contributed by atoms with van der Waals surface area (Å²) in [6.07, 6.45) is 1.81. The molecule has 0 bridgehead atoms. The number of para-hydroxylation sites is 2. The second-order valence-electron chi connectivity index (χ2n) is 6.32. The molecule has 0 fully saturated rings. The number of nitrogens with two attached hydrogens (primary N) is 1. The summed E-state index contributed by atoms with van der Waals surface area (Å²) in [5.41, 5.74) is 11.4. The van der Waals surface area contributed by atoms with Gasteiger partial charge in [-0.1, -0.05) is 54.6 Å². The summed E-state index contributed by atoms with van der Waals surface area (Å²) in [6, 6.07) is 27.0. The minimum Gasteiger partial charge on any atom is -0.399 e. The number of aryl methyl sites for hydroxylation is 2. The first-order chi connectivity index (χ1) is 12.3. The van der Waals surface area contributed by atoms with Crippen molar-refractivity contribution in [2.24, 2.45) is 0 Å². The Morgan fingerprint density at radius 3 is 2.28 bits per heavy atom. The van der Waals surface area contributed by atoms with Crippen molar-refractivity contribution in [3.05, 3.63) is 95.8 Å². The number of anilines is 1. The van der Waals surface area contributed by atoms with Crippen LogP contribution in [0.15, 0.2) is 78.9 Å². The Balaban J connectivity index is 1.66. The number of hydrogen-bond acceptors (Lipinski definition) is 2. The van der Waals surface area contributed by atoms with E-state index in [0.717, 1.165) is 36.4 Å². The molecule has 1 aromatic heterocycles. The molecule has 0 aliphatic carbocycles. The number of rotatable bonds is 5. The molecule has 0 radical (unpaired) electrons. The molecule has 25 heavy (non-hydrogen) atoms. The fourth-order valence-electron chi connectivity index (χ4n) is 3.21. The number of nitrogen functional groups attached to an aromatic ring is 1. The van der Waals surface area contributed by atoms with Gasteiger partial charge < -0.3 is 10.3 Å². The van der Waals surface area contributed by atoms with Crippen LogP contribution < -0.4 is 5.73 Å². The number of imidazole rings is 1. The summed E-state index contributed by atoms with van der Waals surface area (Å²) in [5.74, 6) is 1.10. The molecular weight excluding hydrogens is 306 g/mol. The molecule has 0 aliphatic rings. The van der Waals surface area contributed by atoms with Gasteiger partial charge in [0, 0.05) is 18.7 Å². The van der Waals surface area contributed by atoms with Gasteiger partial charge in [0.25, 0.3) is 0 Å². The Morgan fingerprint density at radius 1 is 0.760 bits per heavy atom. The Labute approximate surface area is 147 Å². The van der Waals surface area contributed by atoms with E-state index in [-0.39, 0.29) is 0 Å². The fraction of sp³-hybridized carbons (Fsp3) is 0.136. The molecule has 4 aromatic rings. The second-order valence-corrected chi connectivity index (χ2v) is 6.32. The summed E-state index contributed by atoms with van der Waals surface area (Å²) in [4.78, 5) is 4.87. The van der Waals surface area contributed by atoms with Gasteiger partial charge >= 0.3 is 0 Å². The van der Waals surface area contributed by atoms with Crippen LogP contribution in [-0.4, -0.2) is 9.55 Å². The van der Waals surface area contributed by atoms with Crippen LogP contribution in [0, 0.1) is 0 Å². The van der Waals surface area contributed by atoms with Gasteiger partial charge in [0.2, 0.25) is 0 Å². The molecule has 4 rings (SSSR count). The Morgan fingerprint density at radius 2 is 1.48 bits per heavy atom. The highest BCUT2D eigenvalue weighted by Gasteiger charge is 2.11. The van der Waals surface area contributed by atoms with Crippen molar-refractivity contribution in [3.8, 4) is 0 Å². The maximum Gasteiger partial charge on any atom is 0.114 e. The van der Waals surface area contributed by atoms with Crippen molar-refractivity contribution < 1.29 is 0 Å². The molecule has 0 spiro atoms. The summed E-state index contributed by atoms with van der Waals surface area (Å²) >= 11 is 0. The molecule has 124 valence electrons. The van der Waals surface area contributed by atoms with Gasteiger partial charge in [-0.15, -0.1) is 0 Å². The lowest BCUT2D eigenvalue weighted by atomic mass is 10.1. The van der Waals surface area contributed by atoms with Crippen molar-refractivity contribution in [1.82, 2.24) is 9.55 Å². The highest BCUT2D eigenvalue weighted by Crippen LogP contribution is 2.20. The molecule has 3 nitrogen and oxygen atoms in total. The average molecular weight is 327 g/mol. The Kier molecular flexibility index (Phi) is 4.21. The van der Waals surface area contributed by atoms with E-state index in [4.69, 9.17) is 10.7 Å². The van der Waals surface area contributed by atoms with Crippen molar-refractivity contribution in [1.29, 1.82) is 0 Å². The van der Waals surface area contributed by atoms with E-state index in [1.54, 1.807) is 0 Å². The van der Waals surface area contributed by atoms with E-state index in [0.29, 0.717) is 0 Å². The molecule has 0 saturated heterocycles. The lowest BCUT2D eigenvalue weighted by Crippen LogP contribution is -2.07. The first kappa shape index (κ1) is 15.5. The minimum absolute atomic E-state index is 0.793. The molecule has 0 aliphatic heterocycles. The van der Waals surface area contributed by atoms with Crippen LogP contribution in [0.1, 0.15) is 17.0 Å². The van der Waals surface area contributed by atoms with Crippen molar-refractivity contribution in [3.63, 3.8) is 0 Å². The first-order valence-electron chi connectivity index (χ1n) is 8.62. The predicted molar refractivity (Wildman–Crippen MR) is 104 cm³/mol. The van der Waals surface area contributed by atoms with Crippen LogP contribution in [0.5, 0.6) is 0 Å². The normalized spacial score (nSPS) is 11.0. The van der Waals surface area contributed by atoms with E-state index >= 15 is 0 Å². The standard InChI is InChI=1S/C22H21N3/c23-19-12-10-18(11-13-19)16-22-24-20-8-4-5-9-21(20)25(22)15-14-17-6-2-1-3-7-17/h1-13H,14-16,23H2. The third-order valence-corrected chi connectivity index (χ3v) is 4.54. The van der Waals surface area contributed by atoms with Gasteiger partial charge in [-0.05, 0) is 41.8 Å². The van der Waals surface area contributed by atoms with E-state index in [9.17, 15) is 0 Å². The Hall–Kier alpha value is -3.07. The van der Waals surface area contributed by atoms with Crippen molar-refractivity contribution in [2.75, 3.05) is 5.73 Å². The Bertz CT molecular complexity index is 969. The van der Waals surface area contributed by atoms with Gasteiger partial charge in [0.05, 0.1) is 11.0 Å². The highest BCUT2D eigenvalue weighted by atomic mass is 15.1.